The molecule has 1 saturated heterocycles. The van der Waals surface area contributed by atoms with Gasteiger partial charge in [-0.1, -0.05) is 71.4 Å². The van der Waals surface area contributed by atoms with Gasteiger partial charge in [0.05, 0.1) is 10.9 Å². The summed E-state index contributed by atoms with van der Waals surface area (Å²) in [6, 6.07) is 15.0. The largest absolute Gasteiger partial charge is 0.543 e. The Morgan fingerprint density at radius 1 is 0.867 bits per heavy atom. The van der Waals surface area contributed by atoms with Crippen molar-refractivity contribution in [1.29, 1.82) is 0 Å². The molecule has 6 heteroatoms. The molecule has 0 bridgehead atoms. The summed E-state index contributed by atoms with van der Waals surface area (Å²) in [5, 5.41) is 0. The Morgan fingerprint density at radius 2 is 1.37 bits per heavy atom. The zero-order valence-electron chi connectivity index (χ0n) is 19.2. The van der Waals surface area contributed by atoms with Crippen LogP contribution in [0.15, 0.2) is 53.4 Å². The third-order valence-corrected chi connectivity index (χ3v) is 14.4. The molecule has 0 radical (unpaired) electrons. The molecule has 4 nitrogen and oxygen atoms in total. The van der Waals surface area contributed by atoms with Crippen LogP contribution in [0.3, 0.4) is 0 Å². The third-order valence-electron chi connectivity index (χ3n) is 6.46. The van der Waals surface area contributed by atoms with Gasteiger partial charge in [0.15, 0.2) is 0 Å². The predicted octanol–water partition coefficient (Wildman–Crippen LogP) is 6.29. The van der Waals surface area contributed by atoms with Gasteiger partial charge in [0, 0.05) is 6.54 Å². The molecule has 0 aliphatic carbocycles. The normalized spacial score (nSPS) is 19.5. The van der Waals surface area contributed by atoms with Crippen molar-refractivity contribution in [1.82, 2.24) is 4.31 Å². The molecule has 0 aromatic heterocycles. The van der Waals surface area contributed by atoms with Crippen molar-refractivity contribution in [2.45, 2.75) is 76.0 Å². The van der Waals surface area contributed by atoms with Crippen molar-refractivity contribution in [2.24, 2.45) is 0 Å². The average Bonchev–Trinajstić information content (AvgIpc) is 3.47. The smallest absolute Gasteiger partial charge is 0.258 e. The summed E-state index contributed by atoms with van der Waals surface area (Å²) in [7, 11) is -5.44. The number of nitrogens with zero attached hydrogens (tertiary/aromatic N) is 1. The van der Waals surface area contributed by atoms with Crippen LogP contribution in [0.4, 0.5) is 0 Å². The van der Waals surface area contributed by atoms with Crippen LogP contribution >= 0.6 is 0 Å². The highest BCUT2D eigenvalue weighted by Gasteiger charge is 2.47. The summed E-state index contributed by atoms with van der Waals surface area (Å²) in [6.45, 7) is 16.1. The van der Waals surface area contributed by atoms with Crippen molar-refractivity contribution in [3.8, 4) is 5.75 Å². The lowest BCUT2D eigenvalue weighted by molar-refractivity contribution is 0.479. The molecule has 1 aliphatic rings. The number of hydrogen-bond donors (Lipinski definition) is 0. The lowest BCUT2D eigenvalue weighted by Gasteiger charge is -2.42. The van der Waals surface area contributed by atoms with Crippen molar-refractivity contribution in [2.75, 3.05) is 6.54 Å². The van der Waals surface area contributed by atoms with E-state index in [0.29, 0.717) is 28.1 Å². The van der Waals surface area contributed by atoms with Crippen molar-refractivity contribution < 1.29 is 12.8 Å². The minimum absolute atomic E-state index is 0.0901. The number of hydrogen-bond acceptors (Lipinski definition) is 3. The number of aryl methyl sites for hydroxylation is 1. The highest BCUT2D eigenvalue weighted by molar-refractivity contribution is 7.89. The van der Waals surface area contributed by atoms with Crippen LogP contribution in [0, 0.1) is 6.92 Å². The zero-order chi connectivity index (χ0) is 22.3. The van der Waals surface area contributed by atoms with Crippen LogP contribution in [0.25, 0.3) is 0 Å². The van der Waals surface area contributed by atoms with E-state index in [2.05, 4.69) is 41.5 Å². The van der Waals surface area contributed by atoms with Crippen LogP contribution in [0.5, 0.6) is 5.75 Å². The van der Waals surface area contributed by atoms with Crippen LogP contribution in [0.2, 0.25) is 16.6 Å². The van der Waals surface area contributed by atoms with Crippen LogP contribution in [-0.4, -0.2) is 27.6 Å². The maximum atomic E-state index is 12.9. The van der Waals surface area contributed by atoms with Gasteiger partial charge in [-0.2, -0.15) is 4.31 Å². The van der Waals surface area contributed by atoms with E-state index in [0.717, 1.165) is 16.9 Å². The molecule has 1 aliphatic heterocycles. The SMILES string of the molecule is Cc1ccc(S(=O)(=O)N2CC2c2ccc(O[Si](C(C)C)(C(C)C)C(C)C)cc2)cc1. The van der Waals surface area contributed by atoms with Crippen molar-refractivity contribution in [3.63, 3.8) is 0 Å². The highest BCUT2D eigenvalue weighted by atomic mass is 32.2. The Labute approximate surface area is 183 Å². The van der Waals surface area contributed by atoms with E-state index in [1.165, 1.54) is 0 Å². The Kier molecular flexibility index (Phi) is 6.51. The monoisotopic (exact) mass is 445 g/mol. The molecule has 2 unspecified atom stereocenters. The van der Waals surface area contributed by atoms with Crippen LogP contribution in [-0.2, 0) is 10.0 Å². The van der Waals surface area contributed by atoms with E-state index in [4.69, 9.17) is 4.43 Å². The lowest BCUT2D eigenvalue weighted by Crippen LogP contribution is -2.50. The molecule has 2 atom stereocenters. The molecule has 0 amide bonds. The minimum Gasteiger partial charge on any atom is -0.543 e. The predicted molar refractivity (Wildman–Crippen MR) is 126 cm³/mol. The van der Waals surface area contributed by atoms with E-state index in [1.54, 1.807) is 16.4 Å². The Hall–Kier alpha value is -1.63. The quantitative estimate of drug-likeness (QED) is 0.354. The molecule has 0 saturated carbocycles. The lowest BCUT2D eigenvalue weighted by atomic mass is 10.1. The second-order valence-corrected chi connectivity index (χ2v) is 16.7. The van der Waals surface area contributed by atoms with Gasteiger partial charge >= 0.3 is 0 Å². The van der Waals surface area contributed by atoms with Crippen molar-refractivity contribution in [3.05, 3.63) is 59.7 Å². The van der Waals surface area contributed by atoms with E-state index in [1.807, 2.05) is 43.3 Å². The molecule has 30 heavy (non-hydrogen) atoms. The summed E-state index contributed by atoms with van der Waals surface area (Å²) in [6.07, 6.45) is 0. The molecule has 0 spiro atoms. The van der Waals surface area contributed by atoms with Gasteiger partial charge < -0.3 is 4.43 Å². The summed E-state index contributed by atoms with van der Waals surface area (Å²) in [5.41, 5.74) is 3.60. The minimum atomic E-state index is -3.44. The summed E-state index contributed by atoms with van der Waals surface area (Å²) >= 11 is 0. The standard InChI is InChI=1S/C24H35NO3SSi/c1-17(2)30(18(3)4,19(5)6)28-22-12-10-21(11-13-22)24-16-25(24)29(26,27)23-14-8-20(7)9-15-23/h8-15,17-19,24H,16H2,1-7H3. The first-order valence-corrected chi connectivity index (χ1v) is 14.5. The summed E-state index contributed by atoms with van der Waals surface area (Å²) in [4.78, 5) is 0.358. The highest BCUT2D eigenvalue weighted by Crippen LogP contribution is 2.44. The second kappa shape index (κ2) is 8.48. The first-order valence-electron chi connectivity index (χ1n) is 10.9. The first kappa shape index (κ1) is 23.0. The molecule has 1 heterocycles. The third kappa shape index (κ3) is 4.23. The van der Waals surface area contributed by atoms with Gasteiger partial charge in [-0.3, -0.25) is 0 Å². The molecule has 1 fully saturated rings. The molecule has 2 aromatic carbocycles. The van der Waals surface area contributed by atoms with Gasteiger partial charge in [-0.05, 0) is 53.4 Å². The van der Waals surface area contributed by atoms with Gasteiger partial charge in [0.2, 0.25) is 10.0 Å². The van der Waals surface area contributed by atoms with Gasteiger partial charge in [-0.25, -0.2) is 8.42 Å². The van der Waals surface area contributed by atoms with Crippen LogP contribution < -0.4 is 4.43 Å². The maximum absolute atomic E-state index is 12.9. The topological polar surface area (TPSA) is 46.4 Å². The molecular weight excluding hydrogens is 410 g/mol. The molecule has 0 N–H and O–H groups in total. The van der Waals surface area contributed by atoms with Crippen LogP contribution in [0.1, 0.15) is 58.7 Å². The number of sulfonamides is 1. The fourth-order valence-electron chi connectivity index (χ4n) is 4.82. The van der Waals surface area contributed by atoms with Gasteiger partial charge in [-0.15, -0.1) is 0 Å². The Balaban J connectivity index is 1.76. The fraction of sp³-hybridized carbons (Fsp3) is 0.500. The van der Waals surface area contributed by atoms with E-state index >= 15 is 0 Å². The molecular formula is C24H35NO3SSi. The van der Waals surface area contributed by atoms with Crippen molar-refractivity contribution >= 4 is 18.3 Å². The average molecular weight is 446 g/mol. The van der Waals surface area contributed by atoms with E-state index in [-0.39, 0.29) is 6.04 Å². The fourth-order valence-corrected chi connectivity index (χ4v) is 11.6. The second-order valence-electron chi connectivity index (χ2n) is 9.39. The molecule has 3 rings (SSSR count). The van der Waals surface area contributed by atoms with Gasteiger partial charge in [0.1, 0.15) is 5.75 Å². The Bertz CT molecular complexity index is 945. The van der Waals surface area contributed by atoms with Gasteiger partial charge in [0.25, 0.3) is 8.32 Å². The summed E-state index contributed by atoms with van der Waals surface area (Å²) < 4.78 is 34.0. The van der Waals surface area contributed by atoms with E-state index in [9.17, 15) is 8.42 Å². The maximum Gasteiger partial charge on any atom is 0.258 e. The molecule has 164 valence electrons. The summed E-state index contributed by atoms with van der Waals surface area (Å²) in [5.74, 6) is 0.898. The van der Waals surface area contributed by atoms with E-state index < -0.39 is 18.3 Å². The Morgan fingerprint density at radius 3 is 1.83 bits per heavy atom. The molecule has 2 aromatic rings. The first-order chi connectivity index (χ1) is 14.0. The number of rotatable bonds is 8. The zero-order valence-corrected chi connectivity index (χ0v) is 21.0. The number of benzene rings is 2.